The Bertz CT molecular complexity index is 369. The molecule has 1 heterocycles. The Kier molecular flexibility index (Phi) is 4.16. The van der Waals surface area contributed by atoms with Crippen molar-refractivity contribution in [3.8, 4) is 11.1 Å². The first-order chi connectivity index (χ1) is 6.86. The topological polar surface area (TPSA) is 52.0 Å². The number of benzene rings is 1. The standard InChI is InChI=1S/C10H9NS.CH5N/c11-10-3-1-2-8(6-10)9-4-5-12-7-9;1-2/h1-7H,11H2;2H2,1H3. The summed E-state index contributed by atoms with van der Waals surface area (Å²) in [7, 11) is 1.50. The van der Waals surface area contributed by atoms with Gasteiger partial charge >= 0.3 is 0 Å². The second-order valence-electron chi connectivity index (χ2n) is 2.64. The number of hydrogen-bond donors (Lipinski definition) is 2. The van der Waals surface area contributed by atoms with Gasteiger partial charge in [0.15, 0.2) is 0 Å². The molecule has 0 aliphatic heterocycles. The smallest absolute Gasteiger partial charge is 0.0320 e. The van der Waals surface area contributed by atoms with Gasteiger partial charge in [-0.25, -0.2) is 0 Å². The lowest BCUT2D eigenvalue weighted by Crippen LogP contribution is -1.83. The van der Waals surface area contributed by atoms with Crippen molar-refractivity contribution in [2.45, 2.75) is 0 Å². The molecule has 2 rings (SSSR count). The first kappa shape index (κ1) is 10.8. The molecule has 4 N–H and O–H groups in total. The van der Waals surface area contributed by atoms with Crippen molar-refractivity contribution >= 4 is 17.0 Å². The number of nitrogen functional groups attached to an aromatic ring is 1. The zero-order valence-electron chi connectivity index (χ0n) is 8.10. The van der Waals surface area contributed by atoms with Crippen molar-refractivity contribution in [1.29, 1.82) is 0 Å². The SMILES string of the molecule is CN.Nc1cccc(-c2ccsc2)c1. The van der Waals surface area contributed by atoms with Gasteiger partial charge in [-0.1, -0.05) is 12.1 Å². The molecule has 0 amide bonds. The molecule has 2 aromatic rings. The minimum atomic E-state index is 0.818. The molecule has 3 heteroatoms. The minimum absolute atomic E-state index is 0.818. The van der Waals surface area contributed by atoms with Crippen molar-refractivity contribution in [3.63, 3.8) is 0 Å². The molecular weight excluding hydrogens is 192 g/mol. The average molecular weight is 206 g/mol. The van der Waals surface area contributed by atoms with Crippen molar-refractivity contribution < 1.29 is 0 Å². The molecule has 0 aliphatic rings. The maximum Gasteiger partial charge on any atom is 0.0320 e. The molecule has 0 radical (unpaired) electrons. The predicted molar refractivity (Wildman–Crippen MR) is 64.3 cm³/mol. The molecule has 0 spiro atoms. The maximum absolute atomic E-state index is 5.67. The summed E-state index contributed by atoms with van der Waals surface area (Å²) in [5.74, 6) is 0. The molecule has 0 unspecified atom stereocenters. The number of anilines is 1. The van der Waals surface area contributed by atoms with E-state index in [2.05, 4.69) is 28.6 Å². The molecule has 2 nitrogen and oxygen atoms in total. The zero-order chi connectivity index (χ0) is 10.4. The highest BCUT2D eigenvalue weighted by Gasteiger charge is 1.96. The van der Waals surface area contributed by atoms with Gasteiger partial charge in [0.05, 0.1) is 0 Å². The van der Waals surface area contributed by atoms with Gasteiger partial charge in [-0.2, -0.15) is 11.3 Å². The summed E-state index contributed by atoms with van der Waals surface area (Å²) >= 11 is 1.70. The molecule has 1 aromatic carbocycles. The number of nitrogens with two attached hydrogens (primary N) is 2. The lowest BCUT2D eigenvalue weighted by Gasteiger charge is -1.97. The Labute approximate surface area is 88.2 Å². The fraction of sp³-hybridized carbons (Fsp3) is 0.0909. The van der Waals surface area contributed by atoms with Crippen molar-refractivity contribution in [1.82, 2.24) is 0 Å². The summed E-state index contributed by atoms with van der Waals surface area (Å²) in [5.41, 5.74) is 13.4. The van der Waals surface area contributed by atoms with Gasteiger partial charge in [0.25, 0.3) is 0 Å². The van der Waals surface area contributed by atoms with E-state index < -0.39 is 0 Å². The van der Waals surface area contributed by atoms with Crippen LogP contribution in [0.25, 0.3) is 11.1 Å². The second-order valence-corrected chi connectivity index (χ2v) is 3.42. The van der Waals surface area contributed by atoms with Crippen LogP contribution in [0.1, 0.15) is 0 Å². The summed E-state index contributed by atoms with van der Waals surface area (Å²) in [6, 6.07) is 10.0. The summed E-state index contributed by atoms with van der Waals surface area (Å²) in [5, 5.41) is 4.19. The van der Waals surface area contributed by atoms with Crippen LogP contribution in [-0.4, -0.2) is 7.05 Å². The molecule has 1 aromatic heterocycles. The summed E-state index contributed by atoms with van der Waals surface area (Å²) in [6.45, 7) is 0. The Hall–Kier alpha value is -1.32. The molecule has 0 bridgehead atoms. The van der Waals surface area contributed by atoms with E-state index in [0.717, 1.165) is 5.69 Å². The third-order valence-corrected chi connectivity index (χ3v) is 2.42. The highest BCUT2D eigenvalue weighted by Crippen LogP contribution is 2.23. The minimum Gasteiger partial charge on any atom is -0.399 e. The normalized spacial score (nSPS) is 9.00. The van der Waals surface area contributed by atoms with E-state index in [-0.39, 0.29) is 0 Å². The van der Waals surface area contributed by atoms with Crippen molar-refractivity contribution in [2.24, 2.45) is 5.73 Å². The van der Waals surface area contributed by atoms with Crippen LogP contribution in [-0.2, 0) is 0 Å². The lowest BCUT2D eigenvalue weighted by molar-refractivity contribution is 1.48. The highest BCUT2D eigenvalue weighted by atomic mass is 32.1. The first-order valence-electron chi connectivity index (χ1n) is 4.32. The highest BCUT2D eigenvalue weighted by molar-refractivity contribution is 7.08. The molecular formula is C11H14N2S. The first-order valence-corrected chi connectivity index (χ1v) is 5.26. The fourth-order valence-corrected chi connectivity index (χ4v) is 1.81. The number of rotatable bonds is 1. The third kappa shape index (κ3) is 2.58. The van der Waals surface area contributed by atoms with Crippen molar-refractivity contribution in [2.75, 3.05) is 12.8 Å². The molecule has 0 fully saturated rings. The number of thiophene rings is 1. The van der Waals surface area contributed by atoms with E-state index in [1.165, 1.54) is 18.2 Å². The Morgan fingerprint density at radius 3 is 2.43 bits per heavy atom. The van der Waals surface area contributed by atoms with Gasteiger partial charge in [0, 0.05) is 5.69 Å². The van der Waals surface area contributed by atoms with Crippen LogP contribution >= 0.6 is 11.3 Å². The lowest BCUT2D eigenvalue weighted by atomic mass is 10.1. The Balaban J connectivity index is 0.000000461. The van der Waals surface area contributed by atoms with Crippen LogP contribution in [0.5, 0.6) is 0 Å². The molecule has 0 saturated heterocycles. The third-order valence-electron chi connectivity index (χ3n) is 1.74. The van der Waals surface area contributed by atoms with E-state index >= 15 is 0 Å². The predicted octanol–water partition coefficient (Wildman–Crippen LogP) is 2.57. The Morgan fingerprint density at radius 1 is 1.07 bits per heavy atom. The van der Waals surface area contributed by atoms with Crippen LogP contribution in [0.2, 0.25) is 0 Å². The average Bonchev–Trinajstić information content (AvgIpc) is 2.74. The van der Waals surface area contributed by atoms with Gasteiger partial charge in [-0.15, -0.1) is 0 Å². The maximum atomic E-state index is 5.67. The largest absolute Gasteiger partial charge is 0.399 e. The van der Waals surface area contributed by atoms with Crippen LogP contribution in [0.4, 0.5) is 5.69 Å². The van der Waals surface area contributed by atoms with E-state index in [1.807, 2.05) is 18.2 Å². The van der Waals surface area contributed by atoms with Gasteiger partial charge in [-0.05, 0) is 47.1 Å². The van der Waals surface area contributed by atoms with Crippen molar-refractivity contribution in [3.05, 3.63) is 41.1 Å². The monoisotopic (exact) mass is 206 g/mol. The van der Waals surface area contributed by atoms with Crippen LogP contribution in [0.3, 0.4) is 0 Å². The van der Waals surface area contributed by atoms with Crippen LogP contribution in [0, 0.1) is 0 Å². The van der Waals surface area contributed by atoms with E-state index in [9.17, 15) is 0 Å². The molecule has 74 valence electrons. The second kappa shape index (κ2) is 5.42. The molecule has 14 heavy (non-hydrogen) atoms. The van der Waals surface area contributed by atoms with Crippen LogP contribution in [0.15, 0.2) is 41.1 Å². The van der Waals surface area contributed by atoms with Gasteiger partial charge in [0.2, 0.25) is 0 Å². The molecule has 0 atom stereocenters. The summed E-state index contributed by atoms with van der Waals surface area (Å²) < 4.78 is 0. The van der Waals surface area contributed by atoms with Gasteiger partial charge in [0.1, 0.15) is 0 Å². The van der Waals surface area contributed by atoms with Gasteiger partial charge in [-0.3, -0.25) is 0 Å². The van der Waals surface area contributed by atoms with E-state index in [4.69, 9.17) is 5.73 Å². The van der Waals surface area contributed by atoms with E-state index in [0.29, 0.717) is 0 Å². The van der Waals surface area contributed by atoms with Gasteiger partial charge < -0.3 is 11.5 Å². The fourth-order valence-electron chi connectivity index (χ4n) is 1.15. The number of hydrogen-bond acceptors (Lipinski definition) is 3. The summed E-state index contributed by atoms with van der Waals surface area (Å²) in [4.78, 5) is 0. The Morgan fingerprint density at radius 2 is 1.86 bits per heavy atom. The zero-order valence-corrected chi connectivity index (χ0v) is 8.92. The van der Waals surface area contributed by atoms with E-state index in [1.54, 1.807) is 11.3 Å². The quantitative estimate of drug-likeness (QED) is 0.705. The molecule has 0 saturated carbocycles. The summed E-state index contributed by atoms with van der Waals surface area (Å²) in [6.07, 6.45) is 0. The molecule has 0 aliphatic carbocycles. The van der Waals surface area contributed by atoms with Crippen LogP contribution < -0.4 is 11.5 Å².